The number of piperidine rings is 1. The molecule has 0 spiro atoms. The van der Waals surface area contributed by atoms with Crippen molar-refractivity contribution in [3.63, 3.8) is 0 Å². The SMILES string of the molecule is CCCCNC(=O)[C@H]1CCCN(C(=O)c2cccc(NC(=O)c3ccccc3Cl)c2)C1. The van der Waals surface area contributed by atoms with Gasteiger partial charge in [-0.3, -0.25) is 14.4 Å². The maximum absolute atomic E-state index is 13.1. The van der Waals surface area contributed by atoms with Crippen LogP contribution in [0.5, 0.6) is 0 Å². The minimum Gasteiger partial charge on any atom is -0.356 e. The summed E-state index contributed by atoms with van der Waals surface area (Å²) >= 11 is 6.09. The number of amides is 3. The van der Waals surface area contributed by atoms with Gasteiger partial charge in [0.15, 0.2) is 0 Å². The Morgan fingerprint density at radius 1 is 1.13 bits per heavy atom. The zero-order chi connectivity index (χ0) is 22.2. The second kappa shape index (κ2) is 11.0. The molecule has 1 heterocycles. The minimum absolute atomic E-state index is 0.0201. The van der Waals surface area contributed by atoms with E-state index in [1.165, 1.54) is 0 Å². The van der Waals surface area contributed by atoms with E-state index >= 15 is 0 Å². The van der Waals surface area contributed by atoms with Gasteiger partial charge in [-0.05, 0) is 49.6 Å². The van der Waals surface area contributed by atoms with E-state index in [0.717, 1.165) is 25.7 Å². The van der Waals surface area contributed by atoms with Gasteiger partial charge in [-0.2, -0.15) is 0 Å². The van der Waals surface area contributed by atoms with Crippen molar-refractivity contribution in [2.24, 2.45) is 5.92 Å². The van der Waals surface area contributed by atoms with Gasteiger partial charge >= 0.3 is 0 Å². The van der Waals surface area contributed by atoms with Gasteiger partial charge in [0, 0.05) is 30.9 Å². The highest BCUT2D eigenvalue weighted by Gasteiger charge is 2.28. The molecule has 2 aromatic rings. The Balaban J connectivity index is 1.65. The van der Waals surface area contributed by atoms with Gasteiger partial charge in [0.25, 0.3) is 11.8 Å². The number of nitrogens with zero attached hydrogens (tertiary/aromatic N) is 1. The van der Waals surface area contributed by atoms with Crippen LogP contribution in [0.4, 0.5) is 5.69 Å². The molecular formula is C24H28ClN3O3. The first-order valence-electron chi connectivity index (χ1n) is 10.7. The van der Waals surface area contributed by atoms with Gasteiger partial charge in [-0.1, -0.05) is 43.1 Å². The fourth-order valence-electron chi connectivity index (χ4n) is 3.66. The van der Waals surface area contributed by atoms with Gasteiger partial charge in [0.2, 0.25) is 5.91 Å². The van der Waals surface area contributed by atoms with Crippen LogP contribution in [0.15, 0.2) is 48.5 Å². The number of carbonyl (C=O) groups excluding carboxylic acids is 3. The topological polar surface area (TPSA) is 78.5 Å². The third-order valence-corrected chi connectivity index (χ3v) is 5.72. The molecule has 164 valence electrons. The Kier molecular flexibility index (Phi) is 8.06. The molecule has 0 saturated carbocycles. The van der Waals surface area contributed by atoms with Gasteiger partial charge < -0.3 is 15.5 Å². The van der Waals surface area contributed by atoms with Crippen LogP contribution in [0.1, 0.15) is 53.3 Å². The first kappa shape index (κ1) is 22.8. The number of benzene rings is 2. The van der Waals surface area contributed by atoms with Crippen LogP contribution in [0.2, 0.25) is 5.02 Å². The molecule has 0 bridgehead atoms. The van der Waals surface area contributed by atoms with Crippen LogP contribution in [0.25, 0.3) is 0 Å². The lowest BCUT2D eigenvalue weighted by Gasteiger charge is -2.32. The molecule has 0 aromatic heterocycles. The van der Waals surface area contributed by atoms with E-state index in [9.17, 15) is 14.4 Å². The number of hydrogen-bond donors (Lipinski definition) is 2. The molecule has 31 heavy (non-hydrogen) atoms. The molecule has 0 radical (unpaired) electrons. The first-order chi connectivity index (χ1) is 15.0. The monoisotopic (exact) mass is 441 g/mol. The standard InChI is InChI=1S/C24H28ClN3O3/c1-2-3-13-26-22(29)18-9-7-14-28(16-18)24(31)17-8-6-10-19(15-17)27-23(30)20-11-4-5-12-21(20)25/h4-6,8,10-12,15,18H,2-3,7,9,13-14,16H2,1H3,(H,26,29)(H,27,30)/t18-/m0/s1. The number of carbonyl (C=O) groups is 3. The molecule has 0 aliphatic carbocycles. The van der Waals surface area contributed by atoms with E-state index in [2.05, 4.69) is 17.6 Å². The highest BCUT2D eigenvalue weighted by molar-refractivity contribution is 6.34. The summed E-state index contributed by atoms with van der Waals surface area (Å²) in [5, 5.41) is 6.13. The summed E-state index contributed by atoms with van der Waals surface area (Å²) in [5.74, 6) is -0.638. The number of hydrogen-bond acceptors (Lipinski definition) is 3. The molecule has 2 aromatic carbocycles. The van der Waals surface area contributed by atoms with Crippen molar-refractivity contribution in [3.05, 3.63) is 64.7 Å². The smallest absolute Gasteiger partial charge is 0.257 e. The van der Waals surface area contributed by atoms with Crippen LogP contribution in [0, 0.1) is 5.92 Å². The number of rotatable bonds is 7. The number of anilines is 1. The molecule has 6 nitrogen and oxygen atoms in total. The Morgan fingerprint density at radius 3 is 2.71 bits per heavy atom. The molecule has 1 atom stereocenters. The molecule has 1 saturated heterocycles. The van der Waals surface area contributed by atoms with E-state index in [1.54, 1.807) is 53.4 Å². The quantitative estimate of drug-likeness (QED) is 0.626. The molecule has 3 amide bonds. The van der Waals surface area contributed by atoms with Gasteiger partial charge in [-0.15, -0.1) is 0 Å². The maximum Gasteiger partial charge on any atom is 0.257 e. The van der Waals surface area contributed by atoms with Gasteiger partial charge in [-0.25, -0.2) is 0 Å². The normalized spacial score (nSPS) is 15.9. The van der Waals surface area contributed by atoms with E-state index in [1.807, 2.05) is 0 Å². The van der Waals surface area contributed by atoms with Gasteiger partial charge in [0.1, 0.15) is 0 Å². The summed E-state index contributed by atoms with van der Waals surface area (Å²) in [6.07, 6.45) is 3.56. The van der Waals surface area contributed by atoms with E-state index in [-0.39, 0.29) is 23.6 Å². The third-order valence-electron chi connectivity index (χ3n) is 5.39. The first-order valence-corrected chi connectivity index (χ1v) is 11.1. The zero-order valence-corrected chi connectivity index (χ0v) is 18.5. The molecule has 0 unspecified atom stereocenters. The lowest BCUT2D eigenvalue weighted by Crippen LogP contribution is -2.45. The summed E-state index contributed by atoms with van der Waals surface area (Å²) < 4.78 is 0. The largest absolute Gasteiger partial charge is 0.356 e. The Morgan fingerprint density at radius 2 is 1.94 bits per heavy atom. The van der Waals surface area contributed by atoms with E-state index in [4.69, 9.17) is 11.6 Å². The van der Waals surface area contributed by atoms with E-state index < -0.39 is 0 Å². The second-order valence-corrected chi connectivity index (χ2v) is 8.16. The number of likely N-dealkylation sites (tertiary alicyclic amines) is 1. The summed E-state index contributed by atoms with van der Waals surface area (Å²) in [6, 6.07) is 13.6. The minimum atomic E-state index is -0.336. The summed E-state index contributed by atoms with van der Waals surface area (Å²) in [6.45, 7) is 3.78. The average molecular weight is 442 g/mol. The van der Waals surface area contributed by atoms with Crippen LogP contribution < -0.4 is 10.6 Å². The predicted octanol–water partition coefficient (Wildman–Crippen LogP) is 4.36. The summed E-state index contributed by atoms with van der Waals surface area (Å²) in [5.41, 5.74) is 1.36. The van der Waals surface area contributed by atoms with Crippen molar-refractivity contribution in [2.75, 3.05) is 25.0 Å². The average Bonchev–Trinajstić information content (AvgIpc) is 2.79. The van der Waals surface area contributed by atoms with Crippen LogP contribution in [-0.2, 0) is 4.79 Å². The molecule has 7 heteroatoms. The Labute approximate surface area is 188 Å². The van der Waals surface area contributed by atoms with Crippen molar-refractivity contribution in [1.82, 2.24) is 10.2 Å². The maximum atomic E-state index is 13.1. The van der Waals surface area contributed by atoms with Crippen molar-refractivity contribution in [2.45, 2.75) is 32.6 Å². The molecular weight excluding hydrogens is 414 g/mol. The Bertz CT molecular complexity index is 947. The lowest BCUT2D eigenvalue weighted by atomic mass is 9.96. The second-order valence-electron chi connectivity index (χ2n) is 7.75. The third kappa shape index (κ3) is 6.07. The van der Waals surface area contributed by atoms with E-state index in [0.29, 0.717) is 41.5 Å². The summed E-state index contributed by atoms with van der Waals surface area (Å²) in [4.78, 5) is 39.7. The lowest BCUT2D eigenvalue weighted by molar-refractivity contribution is -0.126. The van der Waals surface area contributed by atoms with Crippen LogP contribution in [-0.4, -0.2) is 42.3 Å². The fraction of sp³-hybridized carbons (Fsp3) is 0.375. The molecule has 1 fully saturated rings. The number of nitrogens with one attached hydrogen (secondary N) is 2. The number of unbranched alkanes of at least 4 members (excludes halogenated alkanes) is 1. The van der Waals surface area contributed by atoms with Crippen molar-refractivity contribution >= 4 is 35.0 Å². The fourth-order valence-corrected chi connectivity index (χ4v) is 3.89. The zero-order valence-electron chi connectivity index (χ0n) is 17.7. The predicted molar refractivity (Wildman–Crippen MR) is 122 cm³/mol. The van der Waals surface area contributed by atoms with Crippen molar-refractivity contribution in [1.29, 1.82) is 0 Å². The Hall–Kier alpha value is -2.86. The number of halogens is 1. The van der Waals surface area contributed by atoms with Crippen molar-refractivity contribution in [3.8, 4) is 0 Å². The molecule has 1 aliphatic rings. The molecule has 3 rings (SSSR count). The molecule has 1 aliphatic heterocycles. The summed E-state index contributed by atoms with van der Waals surface area (Å²) in [7, 11) is 0. The highest BCUT2D eigenvalue weighted by Crippen LogP contribution is 2.21. The molecule has 2 N–H and O–H groups in total. The highest BCUT2D eigenvalue weighted by atomic mass is 35.5. The van der Waals surface area contributed by atoms with Crippen molar-refractivity contribution < 1.29 is 14.4 Å². The van der Waals surface area contributed by atoms with Crippen LogP contribution in [0.3, 0.4) is 0 Å². The van der Waals surface area contributed by atoms with Gasteiger partial charge in [0.05, 0.1) is 16.5 Å². The van der Waals surface area contributed by atoms with Crippen LogP contribution >= 0.6 is 11.6 Å².